The van der Waals surface area contributed by atoms with Crippen molar-refractivity contribution in [2.45, 2.75) is 24.3 Å². The fourth-order valence-corrected chi connectivity index (χ4v) is 1.83. The van der Waals surface area contributed by atoms with Crippen molar-refractivity contribution in [2.24, 2.45) is 5.73 Å². The third kappa shape index (κ3) is 3.28. The van der Waals surface area contributed by atoms with Gasteiger partial charge in [0.25, 0.3) is 0 Å². The van der Waals surface area contributed by atoms with Crippen LogP contribution in [0, 0.1) is 0 Å². The van der Waals surface area contributed by atoms with Crippen LogP contribution in [0.2, 0.25) is 0 Å². The van der Waals surface area contributed by atoms with Crippen molar-refractivity contribution in [3.63, 3.8) is 0 Å². The minimum Gasteiger partial charge on any atom is -0.327 e. The summed E-state index contributed by atoms with van der Waals surface area (Å²) in [6, 6.07) is 10.7. The summed E-state index contributed by atoms with van der Waals surface area (Å²) in [5.74, 6) is 1.01. The molecule has 0 amide bonds. The SMILES string of the molecule is CC[C@@H](N)CSc1ccccc1. The van der Waals surface area contributed by atoms with Crippen LogP contribution in [0.4, 0.5) is 0 Å². The molecule has 0 aromatic heterocycles. The molecule has 0 bridgehead atoms. The zero-order valence-corrected chi connectivity index (χ0v) is 8.18. The number of hydrogen-bond acceptors (Lipinski definition) is 2. The second kappa shape index (κ2) is 5.22. The molecule has 12 heavy (non-hydrogen) atoms. The smallest absolute Gasteiger partial charge is 0.0132 e. The predicted molar refractivity (Wildman–Crippen MR) is 55.4 cm³/mol. The molecular formula is C10H15NS. The molecule has 0 saturated heterocycles. The largest absolute Gasteiger partial charge is 0.327 e. The van der Waals surface area contributed by atoms with Crippen LogP contribution in [0.25, 0.3) is 0 Å². The molecule has 1 rings (SSSR count). The minimum absolute atomic E-state index is 0.329. The van der Waals surface area contributed by atoms with Gasteiger partial charge in [0.05, 0.1) is 0 Å². The lowest BCUT2D eigenvalue weighted by molar-refractivity contribution is 0.725. The lowest BCUT2D eigenvalue weighted by Crippen LogP contribution is -2.21. The summed E-state index contributed by atoms with van der Waals surface area (Å²) < 4.78 is 0. The average Bonchev–Trinajstić information content (AvgIpc) is 2.16. The van der Waals surface area contributed by atoms with Gasteiger partial charge in [0, 0.05) is 16.7 Å². The van der Waals surface area contributed by atoms with E-state index in [0.29, 0.717) is 6.04 Å². The fraction of sp³-hybridized carbons (Fsp3) is 0.400. The summed E-state index contributed by atoms with van der Waals surface area (Å²) >= 11 is 1.83. The van der Waals surface area contributed by atoms with Crippen molar-refractivity contribution < 1.29 is 0 Å². The standard InChI is InChI=1S/C10H15NS/c1-2-9(11)8-12-10-6-4-3-5-7-10/h3-7,9H,2,8,11H2,1H3/t9-/m1/s1. The molecule has 1 atom stereocenters. The van der Waals surface area contributed by atoms with Gasteiger partial charge in [0.2, 0.25) is 0 Å². The maximum Gasteiger partial charge on any atom is 0.0132 e. The molecule has 0 heterocycles. The van der Waals surface area contributed by atoms with Gasteiger partial charge >= 0.3 is 0 Å². The zero-order chi connectivity index (χ0) is 8.81. The monoisotopic (exact) mass is 181 g/mol. The lowest BCUT2D eigenvalue weighted by Gasteiger charge is -2.07. The zero-order valence-electron chi connectivity index (χ0n) is 7.36. The highest BCUT2D eigenvalue weighted by Gasteiger charge is 1.99. The molecule has 0 radical (unpaired) electrons. The Morgan fingerprint density at radius 1 is 1.33 bits per heavy atom. The summed E-state index contributed by atoms with van der Waals surface area (Å²) in [4.78, 5) is 1.31. The highest BCUT2D eigenvalue weighted by atomic mass is 32.2. The third-order valence-electron chi connectivity index (χ3n) is 1.73. The van der Waals surface area contributed by atoms with E-state index in [9.17, 15) is 0 Å². The molecule has 1 nitrogen and oxygen atoms in total. The van der Waals surface area contributed by atoms with Crippen LogP contribution in [0.1, 0.15) is 13.3 Å². The van der Waals surface area contributed by atoms with Gasteiger partial charge in [-0.2, -0.15) is 0 Å². The van der Waals surface area contributed by atoms with Gasteiger partial charge in [-0.05, 0) is 18.6 Å². The van der Waals surface area contributed by atoms with Crippen molar-refractivity contribution in [1.29, 1.82) is 0 Å². The van der Waals surface area contributed by atoms with Crippen molar-refractivity contribution in [3.05, 3.63) is 30.3 Å². The molecule has 66 valence electrons. The highest BCUT2D eigenvalue weighted by Crippen LogP contribution is 2.17. The van der Waals surface area contributed by atoms with Crippen molar-refractivity contribution in [2.75, 3.05) is 5.75 Å². The average molecular weight is 181 g/mol. The van der Waals surface area contributed by atoms with Crippen LogP contribution in [0.15, 0.2) is 35.2 Å². The highest BCUT2D eigenvalue weighted by molar-refractivity contribution is 7.99. The van der Waals surface area contributed by atoms with Gasteiger partial charge in [0.15, 0.2) is 0 Å². The number of thioether (sulfide) groups is 1. The molecule has 0 unspecified atom stereocenters. The topological polar surface area (TPSA) is 26.0 Å². The Morgan fingerprint density at radius 2 is 2.00 bits per heavy atom. The summed E-state index contributed by atoms with van der Waals surface area (Å²) in [7, 11) is 0. The Morgan fingerprint density at radius 3 is 2.58 bits per heavy atom. The third-order valence-corrected chi connectivity index (χ3v) is 2.93. The van der Waals surface area contributed by atoms with E-state index in [0.717, 1.165) is 12.2 Å². The van der Waals surface area contributed by atoms with Crippen LogP contribution in [0.3, 0.4) is 0 Å². The molecule has 0 spiro atoms. The van der Waals surface area contributed by atoms with Gasteiger partial charge in [-0.25, -0.2) is 0 Å². The van der Waals surface area contributed by atoms with Crippen LogP contribution < -0.4 is 5.73 Å². The summed E-state index contributed by atoms with van der Waals surface area (Å²) in [6.07, 6.45) is 1.06. The van der Waals surface area contributed by atoms with E-state index in [1.807, 2.05) is 17.8 Å². The van der Waals surface area contributed by atoms with Gasteiger partial charge < -0.3 is 5.73 Å². The van der Waals surface area contributed by atoms with E-state index < -0.39 is 0 Å². The molecule has 0 aliphatic carbocycles. The number of benzene rings is 1. The second-order valence-corrected chi connectivity index (χ2v) is 3.89. The first-order valence-electron chi connectivity index (χ1n) is 4.26. The van der Waals surface area contributed by atoms with Crippen LogP contribution in [-0.4, -0.2) is 11.8 Å². The maximum atomic E-state index is 5.80. The van der Waals surface area contributed by atoms with E-state index in [-0.39, 0.29) is 0 Å². The molecule has 1 aromatic rings. The van der Waals surface area contributed by atoms with Crippen molar-refractivity contribution >= 4 is 11.8 Å². The Hall–Kier alpha value is -0.470. The first kappa shape index (κ1) is 9.62. The lowest BCUT2D eigenvalue weighted by atomic mass is 10.3. The minimum atomic E-state index is 0.329. The van der Waals surface area contributed by atoms with Crippen molar-refractivity contribution in [3.8, 4) is 0 Å². The Labute approximate surface area is 78.4 Å². The number of hydrogen-bond donors (Lipinski definition) is 1. The van der Waals surface area contributed by atoms with E-state index in [1.54, 1.807) is 0 Å². The Bertz CT molecular complexity index is 210. The molecule has 1 aromatic carbocycles. The molecule has 0 aliphatic heterocycles. The van der Waals surface area contributed by atoms with Crippen LogP contribution >= 0.6 is 11.8 Å². The Kier molecular flexibility index (Phi) is 4.19. The quantitative estimate of drug-likeness (QED) is 0.722. The van der Waals surface area contributed by atoms with E-state index >= 15 is 0 Å². The van der Waals surface area contributed by atoms with Gasteiger partial charge in [0.1, 0.15) is 0 Å². The van der Waals surface area contributed by atoms with E-state index in [2.05, 4.69) is 31.2 Å². The normalized spacial score (nSPS) is 12.8. The predicted octanol–water partition coefficient (Wildman–Crippen LogP) is 2.52. The number of nitrogens with two attached hydrogens (primary N) is 1. The van der Waals surface area contributed by atoms with E-state index in [4.69, 9.17) is 5.73 Å². The number of rotatable bonds is 4. The van der Waals surface area contributed by atoms with Crippen LogP contribution in [0.5, 0.6) is 0 Å². The summed E-state index contributed by atoms with van der Waals surface area (Å²) in [5, 5.41) is 0. The fourth-order valence-electron chi connectivity index (χ4n) is 0.838. The summed E-state index contributed by atoms with van der Waals surface area (Å²) in [5.41, 5.74) is 5.80. The first-order chi connectivity index (χ1) is 5.83. The molecule has 0 saturated carbocycles. The summed E-state index contributed by atoms with van der Waals surface area (Å²) in [6.45, 7) is 2.12. The molecular weight excluding hydrogens is 166 g/mol. The van der Waals surface area contributed by atoms with E-state index in [1.165, 1.54) is 4.90 Å². The van der Waals surface area contributed by atoms with Crippen LogP contribution in [-0.2, 0) is 0 Å². The second-order valence-electron chi connectivity index (χ2n) is 2.79. The van der Waals surface area contributed by atoms with Gasteiger partial charge in [-0.3, -0.25) is 0 Å². The van der Waals surface area contributed by atoms with Gasteiger partial charge in [-0.1, -0.05) is 25.1 Å². The maximum absolute atomic E-state index is 5.80. The molecule has 0 fully saturated rings. The molecule has 2 N–H and O–H groups in total. The molecule has 2 heteroatoms. The molecule has 0 aliphatic rings. The van der Waals surface area contributed by atoms with Gasteiger partial charge in [-0.15, -0.1) is 11.8 Å². The Balaban J connectivity index is 2.33. The van der Waals surface area contributed by atoms with Crippen molar-refractivity contribution in [1.82, 2.24) is 0 Å². The first-order valence-corrected chi connectivity index (χ1v) is 5.25.